The van der Waals surface area contributed by atoms with Gasteiger partial charge in [-0.3, -0.25) is 14.4 Å². The lowest BCUT2D eigenvalue weighted by molar-refractivity contribution is -0.148. The van der Waals surface area contributed by atoms with Crippen molar-refractivity contribution in [3.8, 4) is 0 Å². The summed E-state index contributed by atoms with van der Waals surface area (Å²) in [4.78, 5) is 39.9. The van der Waals surface area contributed by atoms with Gasteiger partial charge in [0.25, 0.3) is 0 Å². The minimum atomic E-state index is -1.14. The summed E-state index contributed by atoms with van der Waals surface area (Å²) in [7, 11) is 0. The molecule has 1 aliphatic rings. The van der Waals surface area contributed by atoms with Crippen molar-refractivity contribution in [1.29, 1.82) is 0 Å². The van der Waals surface area contributed by atoms with Crippen LogP contribution in [0.15, 0.2) is 84.9 Å². The van der Waals surface area contributed by atoms with Crippen molar-refractivity contribution < 1.29 is 24.2 Å². The third-order valence-corrected chi connectivity index (χ3v) is 8.15. The number of esters is 1. The Kier molecular flexibility index (Phi) is 9.21. The minimum Gasteiger partial charge on any atom is -0.465 e. The number of benzene rings is 3. The van der Waals surface area contributed by atoms with E-state index in [9.17, 15) is 19.5 Å². The van der Waals surface area contributed by atoms with Gasteiger partial charge in [0.15, 0.2) is 5.78 Å². The summed E-state index contributed by atoms with van der Waals surface area (Å²) in [6, 6.07) is 26.4. The first-order chi connectivity index (χ1) is 19.2. The number of rotatable bonds is 10. The second-order valence-electron chi connectivity index (χ2n) is 11.0. The molecule has 0 unspecified atom stereocenters. The standard InChI is InChI=1S/C34H39NO5/c1-4-40-32(38)33(2,3)26-17-15-25(16-18-26)30(36)19-20-31(37)35-23-21-29(22-24-35)34(39,27-11-7-5-8-12-27)28-13-9-6-10-14-28/h5-18,29,39H,4,19-24H2,1-3H3. The van der Waals surface area contributed by atoms with Crippen molar-refractivity contribution >= 4 is 17.7 Å². The molecule has 210 valence electrons. The molecule has 0 atom stereocenters. The van der Waals surface area contributed by atoms with Crippen molar-refractivity contribution in [2.75, 3.05) is 19.7 Å². The van der Waals surface area contributed by atoms with Crippen molar-refractivity contribution in [1.82, 2.24) is 4.90 Å². The van der Waals surface area contributed by atoms with Crippen LogP contribution in [-0.4, -0.2) is 47.4 Å². The fourth-order valence-corrected chi connectivity index (χ4v) is 5.59. The third-order valence-electron chi connectivity index (χ3n) is 8.15. The number of piperidine rings is 1. The Hall–Kier alpha value is -3.77. The van der Waals surface area contributed by atoms with Crippen LogP contribution in [0.2, 0.25) is 0 Å². The molecule has 1 fully saturated rings. The average Bonchev–Trinajstić information content (AvgIpc) is 3.00. The summed E-state index contributed by atoms with van der Waals surface area (Å²) in [5.74, 6) is -0.504. The van der Waals surface area contributed by atoms with E-state index < -0.39 is 11.0 Å². The highest BCUT2D eigenvalue weighted by Crippen LogP contribution is 2.42. The van der Waals surface area contributed by atoms with Crippen LogP contribution in [0.4, 0.5) is 0 Å². The fourth-order valence-electron chi connectivity index (χ4n) is 5.59. The van der Waals surface area contributed by atoms with Gasteiger partial charge in [-0.1, -0.05) is 84.9 Å². The monoisotopic (exact) mass is 541 g/mol. The molecule has 1 saturated heterocycles. The van der Waals surface area contributed by atoms with E-state index in [2.05, 4.69) is 0 Å². The van der Waals surface area contributed by atoms with E-state index in [1.165, 1.54) is 0 Å². The molecule has 1 amide bonds. The number of amides is 1. The number of hydrogen-bond acceptors (Lipinski definition) is 5. The summed E-state index contributed by atoms with van der Waals surface area (Å²) in [6.07, 6.45) is 1.59. The number of ether oxygens (including phenoxy) is 1. The quantitative estimate of drug-likeness (QED) is 0.264. The van der Waals surface area contributed by atoms with E-state index in [-0.39, 0.29) is 36.4 Å². The topological polar surface area (TPSA) is 83.9 Å². The zero-order valence-electron chi connectivity index (χ0n) is 23.6. The van der Waals surface area contributed by atoms with E-state index >= 15 is 0 Å². The first-order valence-electron chi connectivity index (χ1n) is 14.1. The Bertz CT molecular complexity index is 1250. The molecule has 0 aliphatic carbocycles. The maximum absolute atomic E-state index is 13.0. The number of hydrogen-bond donors (Lipinski definition) is 1. The van der Waals surface area contributed by atoms with Gasteiger partial charge < -0.3 is 14.7 Å². The smallest absolute Gasteiger partial charge is 0.315 e. The van der Waals surface area contributed by atoms with E-state index in [0.717, 1.165) is 16.7 Å². The summed E-state index contributed by atoms with van der Waals surface area (Å²) in [5, 5.41) is 12.1. The lowest BCUT2D eigenvalue weighted by atomic mass is 9.72. The number of carbonyl (C=O) groups excluding carboxylic acids is 3. The number of Topliss-reactive ketones (excluding diaryl/α,β-unsaturated/α-hetero) is 1. The van der Waals surface area contributed by atoms with Gasteiger partial charge in [-0.15, -0.1) is 0 Å². The Balaban J connectivity index is 1.34. The lowest BCUT2D eigenvalue weighted by Crippen LogP contribution is -2.46. The molecule has 40 heavy (non-hydrogen) atoms. The van der Waals surface area contributed by atoms with Gasteiger partial charge in [0.2, 0.25) is 5.91 Å². The number of aliphatic hydroxyl groups is 1. The van der Waals surface area contributed by atoms with Crippen LogP contribution in [0.25, 0.3) is 0 Å². The van der Waals surface area contributed by atoms with Crippen LogP contribution in [0.5, 0.6) is 0 Å². The number of carbonyl (C=O) groups is 3. The van der Waals surface area contributed by atoms with Crippen molar-refractivity contribution in [3.05, 3.63) is 107 Å². The molecule has 3 aromatic rings. The highest BCUT2D eigenvalue weighted by atomic mass is 16.5. The van der Waals surface area contributed by atoms with E-state index in [1.807, 2.05) is 65.6 Å². The normalized spacial score (nSPS) is 14.6. The second kappa shape index (κ2) is 12.6. The largest absolute Gasteiger partial charge is 0.465 e. The van der Waals surface area contributed by atoms with Crippen molar-refractivity contribution in [2.45, 2.75) is 57.5 Å². The highest BCUT2D eigenvalue weighted by molar-refractivity contribution is 5.98. The molecule has 0 saturated carbocycles. The minimum absolute atomic E-state index is 0.0413. The molecular formula is C34H39NO5. The van der Waals surface area contributed by atoms with Crippen LogP contribution in [0, 0.1) is 5.92 Å². The summed E-state index contributed by atoms with van der Waals surface area (Å²) >= 11 is 0. The van der Waals surface area contributed by atoms with Gasteiger partial charge in [-0.05, 0) is 56.2 Å². The van der Waals surface area contributed by atoms with Crippen LogP contribution in [-0.2, 0) is 25.3 Å². The third kappa shape index (κ3) is 6.18. The molecule has 1 heterocycles. The fraction of sp³-hybridized carbons (Fsp3) is 0.382. The molecule has 6 nitrogen and oxygen atoms in total. The Labute approximate surface area is 237 Å². The van der Waals surface area contributed by atoms with Gasteiger partial charge in [0.05, 0.1) is 12.0 Å². The van der Waals surface area contributed by atoms with Crippen LogP contribution in [0.3, 0.4) is 0 Å². The first-order valence-corrected chi connectivity index (χ1v) is 14.1. The average molecular weight is 542 g/mol. The molecule has 0 bridgehead atoms. The summed E-state index contributed by atoms with van der Waals surface area (Å²) in [6.45, 7) is 6.75. The molecular weight excluding hydrogens is 502 g/mol. The summed E-state index contributed by atoms with van der Waals surface area (Å²) < 4.78 is 5.17. The van der Waals surface area contributed by atoms with Gasteiger partial charge in [0.1, 0.15) is 5.60 Å². The lowest BCUT2D eigenvalue weighted by Gasteiger charge is -2.42. The predicted molar refractivity (Wildman–Crippen MR) is 155 cm³/mol. The molecule has 3 aromatic carbocycles. The second-order valence-corrected chi connectivity index (χ2v) is 11.0. The van der Waals surface area contributed by atoms with Crippen molar-refractivity contribution in [3.63, 3.8) is 0 Å². The molecule has 6 heteroatoms. The number of nitrogens with zero attached hydrogens (tertiary/aromatic N) is 1. The highest BCUT2D eigenvalue weighted by Gasteiger charge is 2.42. The van der Waals surface area contributed by atoms with Crippen LogP contribution < -0.4 is 0 Å². The zero-order valence-corrected chi connectivity index (χ0v) is 23.6. The molecule has 4 rings (SSSR count). The Morgan fingerprint density at radius 1 is 0.800 bits per heavy atom. The summed E-state index contributed by atoms with van der Waals surface area (Å²) in [5.41, 5.74) is 1.05. The van der Waals surface area contributed by atoms with Crippen LogP contribution >= 0.6 is 0 Å². The van der Waals surface area contributed by atoms with Gasteiger partial charge in [-0.25, -0.2) is 0 Å². The van der Waals surface area contributed by atoms with E-state index in [0.29, 0.717) is 38.1 Å². The van der Waals surface area contributed by atoms with Gasteiger partial charge in [0, 0.05) is 31.5 Å². The molecule has 0 aromatic heterocycles. The van der Waals surface area contributed by atoms with Gasteiger partial charge >= 0.3 is 5.97 Å². The molecule has 1 aliphatic heterocycles. The van der Waals surface area contributed by atoms with Crippen LogP contribution in [0.1, 0.15) is 73.5 Å². The number of likely N-dealkylation sites (tertiary alicyclic amines) is 1. The molecule has 0 radical (unpaired) electrons. The maximum atomic E-state index is 13.0. The first kappa shape index (κ1) is 29.2. The number of ketones is 1. The van der Waals surface area contributed by atoms with E-state index in [1.54, 1.807) is 45.0 Å². The molecule has 1 N–H and O–H groups in total. The Morgan fingerprint density at radius 3 is 1.82 bits per heavy atom. The van der Waals surface area contributed by atoms with Crippen molar-refractivity contribution in [2.24, 2.45) is 5.92 Å². The maximum Gasteiger partial charge on any atom is 0.315 e. The van der Waals surface area contributed by atoms with E-state index in [4.69, 9.17) is 4.74 Å². The van der Waals surface area contributed by atoms with Gasteiger partial charge in [-0.2, -0.15) is 0 Å². The zero-order chi connectivity index (χ0) is 28.8. The SMILES string of the molecule is CCOC(=O)C(C)(C)c1ccc(C(=O)CCC(=O)N2CCC(C(O)(c3ccccc3)c3ccccc3)CC2)cc1. The molecule has 0 spiro atoms. The predicted octanol–water partition coefficient (Wildman–Crippen LogP) is 5.66. The Morgan fingerprint density at radius 2 is 1.32 bits per heavy atom.